The number of hydrogen-bond donors (Lipinski definition) is 1. The topological polar surface area (TPSA) is 59.1 Å². The van der Waals surface area contributed by atoms with Gasteiger partial charge in [-0.2, -0.15) is 12.6 Å². The minimum Gasteiger partial charge on any atom is -0.463 e. The Balaban J connectivity index is 0.00000169. The molecular weight excluding hydrogens is 648 g/mol. The van der Waals surface area contributed by atoms with Crippen LogP contribution in [-0.4, -0.2) is 56.4 Å². The lowest BCUT2D eigenvalue weighted by Gasteiger charge is -2.32. The van der Waals surface area contributed by atoms with Crippen molar-refractivity contribution in [3.63, 3.8) is 0 Å². The molecule has 0 amide bonds. The molecular formula is C37H49BrN2O4S. The van der Waals surface area contributed by atoms with Crippen LogP contribution in [0, 0.1) is 0 Å². The first-order valence-corrected chi connectivity index (χ1v) is 17.7. The minimum atomic E-state index is -0.329. The maximum absolute atomic E-state index is 11.9. The molecule has 1 atom stereocenters. The van der Waals surface area contributed by atoms with Crippen LogP contribution in [0.5, 0.6) is 0 Å². The third-order valence-corrected chi connectivity index (χ3v) is 8.00. The molecule has 0 bridgehead atoms. The van der Waals surface area contributed by atoms with Gasteiger partial charge in [-0.25, -0.2) is 9.59 Å². The van der Waals surface area contributed by atoms with E-state index >= 15 is 0 Å². The predicted octanol–water partition coefficient (Wildman–Crippen LogP) is 8.19. The molecule has 4 rings (SSSR count). The van der Waals surface area contributed by atoms with Crippen molar-refractivity contribution >= 4 is 51.9 Å². The first-order valence-electron chi connectivity index (χ1n) is 15.2. The summed E-state index contributed by atoms with van der Waals surface area (Å²) in [5.41, 5.74) is 5.66. The zero-order valence-corrected chi connectivity index (χ0v) is 30.4. The number of carbonyl (C=O) groups is 2. The summed E-state index contributed by atoms with van der Waals surface area (Å²) in [5.74, 6) is 1.16. The van der Waals surface area contributed by atoms with E-state index in [2.05, 4.69) is 133 Å². The molecule has 0 aromatic heterocycles. The Kier molecular flexibility index (Phi) is 15.2. The summed E-state index contributed by atoms with van der Waals surface area (Å²) in [6.07, 6.45) is 15.1. The fraction of sp³-hybridized carbons (Fsp3) is 0.405. The second-order valence-corrected chi connectivity index (χ2v) is 11.3. The van der Waals surface area contributed by atoms with Gasteiger partial charge in [0.1, 0.15) is 0 Å². The van der Waals surface area contributed by atoms with Crippen LogP contribution in [0.1, 0.15) is 52.7 Å². The highest BCUT2D eigenvalue weighted by molar-refractivity contribution is 9.08. The molecule has 0 saturated heterocycles. The molecule has 244 valence electrons. The van der Waals surface area contributed by atoms with E-state index < -0.39 is 0 Å². The second kappa shape index (κ2) is 18.1. The van der Waals surface area contributed by atoms with Gasteiger partial charge in [0, 0.05) is 53.1 Å². The van der Waals surface area contributed by atoms with Crippen molar-refractivity contribution in [3.05, 3.63) is 108 Å². The van der Waals surface area contributed by atoms with Gasteiger partial charge in [-0.05, 0) is 55.3 Å². The average molecular weight is 698 g/mol. The first kappa shape index (κ1) is 38.0. The standard InChI is InChI=1S/C35H42N2O4.CH3Br.CH4S/c1-7-40-32(38)22-14-24-36-28-18-11-9-16-26(28)34(3,4)30(36)20-13-21-31-35(5,6)27-17-10-12-19-29(27)37(31)25-15-23-33(39)41-8-2;2*1-2/h9-23,30H,7-8,24-25H2,1-6H3;1H3;2H,1H3/b20-13+,22-14+,23-15+,31-21+;;. The fourth-order valence-corrected chi connectivity index (χ4v) is 6.01. The van der Waals surface area contributed by atoms with Crippen LogP contribution in [0.25, 0.3) is 0 Å². The number of benzene rings is 2. The van der Waals surface area contributed by atoms with Crippen LogP contribution < -0.4 is 9.80 Å². The number of allylic oxidation sites excluding steroid dienone is 3. The van der Waals surface area contributed by atoms with Crippen molar-refractivity contribution in [2.24, 2.45) is 0 Å². The number of hydrogen-bond acceptors (Lipinski definition) is 7. The largest absolute Gasteiger partial charge is 0.463 e. The summed E-state index contributed by atoms with van der Waals surface area (Å²) in [5, 5.41) is 0. The Morgan fingerprint density at radius 1 is 0.822 bits per heavy atom. The first-order chi connectivity index (χ1) is 21.6. The fourth-order valence-electron chi connectivity index (χ4n) is 6.01. The average Bonchev–Trinajstić information content (AvgIpc) is 3.38. The van der Waals surface area contributed by atoms with Crippen molar-refractivity contribution in [2.75, 3.05) is 48.2 Å². The maximum Gasteiger partial charge on any atom is 0.330 e. The number of anilines is 2. The van der Waals surface area contributed by atoms with Crippen LogP contribution >= 0.6 is 28.6 Å². The van der Waals surface area contributed by atoms with Crippen molar-refractivity contribution in [1.29, 1.82) is 0 Å². The Morgan fingerprint density at radius 3 is 1.91 bits per heavy atom. The number of fused-ring (bicyclic) bond motifs is 2. The number of carbonyl (C=O) groups excluding carboxylic acids is 2. The number of ether oxygens (including phenoxy) is 2. The van der Waals surface area contributed by atoms with Gasteiger partial charge in [-0.3, -0.25) is 0 Å². The van der Waals surface area contributed by atoms with Crippen molar-refractivity contribution in [2.45, 2.75) is 58.4 Å². The van der Waals surface area contributed by atoms with Crippen LogP contribution in [0.2, 0.25) is 0 Å². The smallest absolute Gasteiger partial charge is 0.330 e. The zero-order valence-electron chi connectivity index (χ0n) is 27.9. The summed E-state index contributed by atoms with van der Waals surface area (Å²) in [4.78, 5) is 28.5. The zero-order chi connectivity index (χ0) is 33.6. The third-order valence-electron chi connectivity index (χ3n) is 8.00. The number of nitrogens with zero attached hydrogens (tertiary/aromatic N) is 2. The molecule has 2 aliphatic heterocycles. The normalized spacial score (nSPS) is 18.4. The van der Waals surface area contributed by atoms with Gasteiger partial charge in [-0.1, -0.05) is 104 Å². The van der Waals surface area contributed by atoms with Crippen molar-refractivity contribution < 1.29 is 19.1 Å². The van der Waals surface area contributed by atoms with Crippen LogP contribution in [-0.2, 0) is 29.9 Å². The molecule has 2 heterocycles. The molecule has 2 aromatic rings. The maximum atomic E-state index is 11.9. The molecule has 6 nitrogen and oxygen atoms in total. The molecule has 0 N–H and O–H groups in total. The van der Waals surface area contributed by atoms with E-state index in [9.17, 15) is 9.59 Å². The molecule has 2 aliphatic rings. The Bertz CT molecular complexity index is 1400. The highest BCUT2D eigenvalue weighted by atomic mass is 79.9. The molecule has 1 unspecified atom stereocenters. The summed E-state index contributed by atoms with van der Waals surface area (Å²) in [7, 11) is 0. The molecule has 0 radical (unpaired) electrons. The van der Waals surface area contributed by atoms with Gasteiger partial charge in [0.15, 0.2) is 0 Å². The number of halogens is 1. The number of esters is 2. The van der Waals surface area contributed by atoms with Gasteiger partial charge in [0.2, 0.25) is 0 Å². The summed E-state index contributed by atoms with van der Waals surface area (Å²) < 4.78 is 10.1. The number of rotatable bonds is 10. The van der Waals surface area contributed by atoms with E-state index in [-0.39, 0.29) is 28.8 Å². The molecule has 2 aromatic carbocycles. The molecule has 0 fully saturated rings. The van der Waals surface area contributed by atoms with E-state index in [1.54, 1.807) is 13.2 Å². The molecule has 0 saturated carbocycles. The van der Waals surface area contributed by atoms with Gasteiger partial charge < -0.3 is 19.3 Å². The number of thiol groups is 1. The quantitative estimate of drug-likeness (QED) is 0.117. The van der Waals surface area contributed by atoms with E-state index in [1.165, 1.54) is 29.0 Å². The van der Waals surface area contributed by atoms with Crippen molar-refractivity contribution in [1.82, 2.24) is 0 Å². The summed E-state index contributed by atoms with van der Waals surface area (Å²) in [6.45, 7) is 14.5. The van der Waals surface area contributed by atoms with E-state index in [1.807, 2.05) is 24.9 Å². The summed E-state index contributed by atoms with van der Waals surface area (Å²) in [6, 6.07) is 17.0. The lowest BCUT2D eigenvalue weighted by atomic mass is 9.80. The van der Waals surface area contributed by atoms with Gasteiger partial charge in [-0.15, -0.1) is 0 Å². The molecule has 8 heteroatoms. The van der Waals surface area contributed by atoms with Gasteiger partial charge in [0.05, 0.1) is 19.3 Å². The Hall–Kier alpha value is -3.23. The lowest BCUT2D eigenvalue weighted by Crippen LogP contribution is -2.40. The monoisotopic (exact) mass is 696 g/mol. The highest BCUT2D eigenvalue weighted by Gasteiger charge is 2.43. The highest BCUT2D eigenvalue weighted by Crippen LogP contribution is 2.48. The van der Waals surface area contributed by atoms with Crippen LogP contribution in [0.4, 0.5) is 11.4 Å². The van der Waals surface area contributed by atoms with Crippen LogP contribution in [0.3, 0.4) is 0 Å². The lowest BCUT2D eigenvalue weighted by molar-refractivity contribution is -0.138. The SMILES string of the molecule is CBr.CCOC(=O)/C=C/CN1/C(=C/C=C/C2N(C/C=C/C(=O)OCC)c3ccccc3C2(C)C)C(C)(C)c2ccccc21.CS. The molecule has 45 heavy (non-hydrogen) atoms. The van der Waals surface area contributed by atoms with Crippen LogP contribution in [0.15, 0.2) is 96.8 Å². The van der Waals surface area contributed by atoms with E-state index in [0.29, 0.717) is 26.3 Å². The van der Waals surface area contributed by atoms with E-state index in [0.717, 1.165) is 11.4 Å². The molecule has 0 aliphatic carbocycles. The number of alkyl halides is 1. The van der Waals surface area contributed by atoms with E-state index in [4.69, 9.17) is 9.47 Å². The second-order valence-electron chi connectivity index (χ2n) is 11.3. The van der Waals surface area contributed by atoms with Gasteiger partial charge >= 0.3 is 11.9 Å². The predicted molar refractivity (Wildman–Crippen MR) is 196 cm³/mol. The minimum absolute atomic E-state index is 0.0765. The summed E-state index contributed by atoms with van der Waals surface area (Å²) >= 11 is 6.47. The Labute approximate surface area is 284 Å². The van der Waals surface area contributed by atoms with Gasteiger partial charge in [0.25, 0.3) is 0 Å². The van der Waals surface area contributed by atoms with Crippen molar-refractivity contribution in [3.8, 4) is 0 Å². The molecule has 0 spiro atoms. The Morgan fingerprint density at radius 2 is 1.33 bits per heavy atom. The third kappa shape index (κ3) is 8.95. The number of para-hydroxylation sites is 2.